The largest absolute Gasteiger partial charge is 0.478 e. The fourth-order valence-electron chi connectivity index (χ4n) is 2.39. The molecular weight excluding hydrogens is 414 g/mol. The van der Waals surface area contributed by atoms with E-state index in [1.54, 1.807) is 29.6 Å². The second-order valence-electron chi connectivity index (χ2n) is 5.34. The molecule has 3 rings (SSSR count). The molecule has 26 heavy (non-hydrogen) atoms. The van der Waals surface area contributed by atoms with Crippen LogP contribution in [0, 0.1) is 12.3 Å². The average Bonchev–Trinajstić information content (AvgIpc) is 3.06. The van der Waals surface area contributed by atoms with Gasteiger partial charge in [-0.1, -0.05) is 34.0 Å². The number of carboxylic acid groups (broad SMARTS) is 1. The maximum Gasteiger partial charge on any atom is 0.339 e. The zero-order chi connectivity index (χ0) is 18.7. The summed E-state index contributed by atoms with van der Waals surface area (Å²) >= 11 is 4.63. The van der Waals surface area contributed by atoms with Crippen LogP contribution in [0.4, 0.5) is 5.69 Å². The van der Waals surface area contributed by atoms with E-state index in [0.717, 1.165) is 10.0 Å². The van der Waals surface area contributed by atoms with Crippen molar-refractivity contribution in [3.63, 3.8) is 0 Å². The van der Waals surface area contributed by atoms with E-state index in [2.05, 4.69) is 27.2 Å². The van der Waals surface area contributed by atoms with E-state index >= 15 is 0 Å². The summed E-state index contributed by atoms with van der Waals surface area (Å²) in [6.07, 6.45) is 5.30. The summed E-state index contributed by atoms with van der Waals surface area (Å²) in [5, 5.41) is 13.9. The van der Waals surface area contributed by atoms with Crippen LogP contribution in [0.5, 0.6) is 0 Å². The summed E-state index contributed by atoms with van der Waals surface area (Å²) in [5.41, 5.74) is 2.18. The summed E-state index contributed by atoms with van der Waals surface area (Å²) in [5.74, 6) is 0.994. The highest BCUT2D eigenvalue weighted by molar-refractivity contribution is 9.10. The number of rotatable bonds is 4. The van der Waals surface area contributed by atoms with E-state index in [1.807, 2.05) is 24.3 Å². The standard InChI is InChI=1S/C20H12BrNO3S/c1-2-12-3-5-14(6-4-12)19(23)22-16-11-26-18(17(16)20(24)25)13-7-9-15(21)10-8-13/h1,3-11H,(H,22,23)(H,24,25). The number of carboxylic acids is 1. The van der Waals surface area contributed by atoms with Gasteiger partial charge in [0, 0.05) is 21.0 Å². The van der Waals surface area contributed by atoms with Crippen molar-refractivity contribution in [2.45, 2.75) is 0 Å². The molecule has 0 aliphatic carbocycles. The highest BCUT2D eigenvalue weighted by Crippen LogP contribution is 2.36. The number of amides is 1. The van der Waals surface area contributed by atoms with Crippen LogP contribution in [-0.4, -0.2) is 17.0 Å². The maximum atomic E-state index is 12.4. The third-order valence-electron chi connectivity index (χ3n) is 3.67. The molecule has 0 bridgehead atoms. The molecule has 4 nitrogen and oxygen atoms in total. The lowest BCUT2D eigenvalue weighted by Crippen LogP contribution is -2.14. The predicted molar refractivity (Wildman–Crippen MR) is 107 cm³/mol. The fraction of sp³-hybridized carbons (Fsp3) is 0. The Morgan fingerprint density at radius 1 is 1.08 bits per heavy atom. The number of benzene rings is 2. The quantitative estimate of drug-likeness (QED) is 0.570. The van der Waals surface area contributed by atoms with Crippen LogP contribution in [-0.2, 0) is 0 Å². The zero-order valence-electron chi connectivity index (χ0n) is 13.3. The topological polar surface area (TPSA) is 66.4 Å². The molecule has 2 aromatic carbocycles. The predicted octanol–water partition coefficient (Wildman–Crippen LogP) is 5.11. The Labute approximate surface area is 162 Å². The fourth-order valence-corrected chi connectivity index (χ4v) is 3.65. The molecule has 0 aliphatic rings. The van der Waals surface area contributed by atoms with E-state index in [9.17, 15) is 14.7 Å². The minimum atomic E-state index is -1.10. The molecule has 1 heterocycles. The molecule has 128 valence electrons. The van der Waals surface area contributed by atoms with Crippen molar-refractivity contribution in [3.8, 4) is 22.8 Å². The molecule has 0 atom stereocenters. The van der Waals surface area contributed by atoms with Gasteiger partial charge in [-0.15, -0.1) is 17.8 Å². The molecule has 2 N–H and O–H groups in total. The molecule has 0 saturated carbocycles. The minimum absolute atomic E-state index is 0.0749. The van der Waals surface area contributed by atoms with Gasteiger partial charge in [0.25, 0.3) is 5.91 Å². The van der Waals surface area contributed by atoms with Gasteiger partial charge in [0.15, 0.2) is 0 Å². The van der Waals surface area contributed by atoms with Gasteiger partial charge in [-0.05, 0) is 42.0 Å². The van der Waals surface area contributed by atoms with Gasteiger partial charge < -0.3 is 10.4 Å². The molecular formula is C20H12BrNO3S. The first-order valence-electron chi connectivity index (χ1n) is 7.48. The zero-order valence-corrected chi connectivity index (χ0v) is 15.7. The Hall–Kier alpha value is -2.88. The summed E-state index contributed by atoms with van der Waals surface area (Å²) < 4.78 is 0.902. The van der Waals surface area contributed by atoms with E-state index in [0.29, 0.717) is 16.0 Å². The summed E-state index contributed by atoms with van der Waals surface area (Å²) in [4.78, 5) is 24.8. The number of terminal acetylenes is 1. The minimum Gasteiger partial charge on any atom is -0.478 e. The smallest absolute Gasteiger partial charge is 0.339 e. The van der Waals surface area contributed by atoms with Gasteiger partial charge >= 0.3 is 5.97 Å². The first-order chi connectivity index (χ1) is 12.5. The van der Waals surface area contributed by atoms with Crippen molar-refractivity contribution >= 4 is 44.8 Å². The lowest BCUT2D eigenvalue weighted by molar-refractivity contribution is 0.0699. The Morgan fingerprint density at radius 2 is 1.73 bits per heavy atom. The van der Waals surface area contributed by atoms with Gasteiger partial charge in [-0.3, -0.25) is 4.79 Å². The van der Waals surface area contributed by atoms with E-state index in [4.69, 9.17) is 6.42 Å². The third-order valence-corrected chi connectivity index (χ3v) is 5.23. The Kier molecular flexibility index (Phi) is 5.21. The molecule has 3 aromatic rings. The molecule has 0 radical (unpaired) electrons. The van der Waals surface area contributed by atoms with E-state index in [-0.39, 0.29) is 11.3 Å². The van der Waals surface area contributed by atoms with Crippen LogP contribution in [0.25, 0.3) is 10.4 Å². The van der Waals surface area contributed by atoms with Crippen molar-refractivity contribution in [2.75, 3.05) is 5.32 Å². The summed E-state index contributed by atoms with van der Waals surface area (Å²) in [6, 6.07) is 13.9. The van der Waals surface area contributed by atoms with Gasteiger partial charge in [-0.2, -0.15) is 0 Å². The van der Waals surface area contributed by atoms with Crippen LogP contribution in [0.3, 0.4) is 0 Å². The number of hydrogen-bond acceptors (Lipinski definition) is 3. The van der Waals surface area contributed by atoms with Crippen molar-refractivity contribution in [1.29, 1.82) is 0 Å². The van der Waals surface area contributed by atoms with Gasteiger partial charge in [-0.25, -0.2) is 4.79 Å². The molecule has 6 heteroatoms. The normalized spacial score (nSPS) is 10.2. The highest BCUT2D eigenvalue weighted by Gasteiger charge is 2.21. The molecule has 0 fully saturated rings. The molecule has 0 unspecified atom stereocenters. The van der Waals surface area contributed by atoms with Crippen LogP contribution in [0.15, 0.2) is 58.4 Å². The first-order valence-corrected chi connectivity index (χ1v) is 9.15. The number of thiophene rings is 1. The van der Waals surface area contributed by atoms with E-state index in [1.165, 1.54) is 11.3 Å². The number of aromatic carboxylic acids is 1. The molecule has 1 aromatic heterocycles. The van der Waals surface area contributed by atoms with Crippen LogP contribution < -0.4 is 5.32 Å². The second-order valence-corrected chi connectivity index (χ2v) is 7.14. The van der Waals surface area contributed by atoms with Gasteiger partial charge in [0.05, 0.1) is 10.6 Å². The lowest BCUT2D eigenvalue weighted by Gasteiger charge is -2.07. The van der Waals surface area contributed by atoms with Crippen LogP contribution in [0.1, 0.15) is 26.3 Å². The summed E-state index contributed by atoms with van der Waals surface area (Å²) in [7, 11) is 0. The number of nitrogens with one attached hydrogen (secondary N) is 1. The second kappa shape index (κ2) is 7.56. The molecule has 1 amide bonds. The highest BCUT2D eigenvalue weighted by atomic mass is 79.9. The Morgan fingerprint density at radius 3 is 2.31 bits per heavy atom. The number of halogens is 1. The van der Waals surface area contributed by atoms with Crippen molar-refractivity contribution in [2.24, 2.45) is 0 Å². The SMILES string of the molecule is C#Cc1ccc(C(=O)Nc2csc(-c3ccc(Br)cc3)c2C(=O)O)cc1. The van der Waals surface area contributed by atoms with Gasteiger partial charge in [0.1, 0.15) is 5.56 Å². The Balaban J connectivity index is 1.92. The molecule has 0 saturated heterocycles. The number of hydrogen-bond donors (Lipinski definition) is 2. The lowest BCUT2D eigenvalue weighted by atomic mass is 10.1. The number of carbonyl (C=O) groups is 2. The van der Waals surface area contributed by atoms with Crippen LogP contribution in [0.2, 0.25) is 0 Å². The first kappa shape index (κ1) is 17.9. The maximum absolute atomic E-state index is 12.4. The van der Waals surface area contributed by atoms with Crippen molar-refractivity contribution in [3.05, 3.63) is 75.1 Å². The monoisotopic (exact) mass is 425 g/mol. The average molecular weight is 426 g/mol. The van der Waals surface area contributed by atoms with E-state index < -0.39 is 11.9 Å². The molecule has 0 spiro atoms. The Bertz CT molecular complexity index is 1010. The number of carbonyl (C=O) groups excluding carboxylic acids is 1. The third kappa shape index (κ3) is 3.69. The van der Waals surface area contributed by atoms with Crippen LogP contribution >= 0.6 is 27.3 Å². The van der Waals surface area contributed by atoms with Crippen molar-refractivity contribution < 1.29 is 14.7 Å². The van der Waals surface area contributed by atoms with Gasteiger partial charge in [0.2, 0.25) is 0 Å². The molecule has 0 aliphatic heterocycles. The van der Waals surface area contributed by atoms with Crippen molar-refractivity contribution in [1.82, 2.24) is 0 Å². The summed E-state index contributed by atoms with van der Waals surface area (Å²) in [6.45, 7) is 0. The number of anilines is 1.